The van der Waals surface area contributed by atoms with Gasteiger partial charge in [0.2, 0.25) is 5.78 Å². The van der Waals surface area contributed by atoms with Gasteiger partial charge in [-0.25, -0.2) is 4.79 Å². The van der Waals surface area contributed by atoms with Crippen LogP contribution in [-0.2, 0) is 4.74 Å². The van der Waals surface area contributed by atoms with Crippen LogP contribution in [0.2, 0.25) is 0 Å². The molecule has 26 heavy (non-hydrogen) atoms. The van der Waals surface area contributed by atoms with Crippen molar-refractivity contribution in [3.05, 3.63) is 75.5 Å². The highest BCUT2D eigenvalue weighted by Gasteiger charge is 2.24. The molecule has 2 aromatic carbocycles. The second-order valence-electron chi connectivity index (χ2n) is 5.92. The van der Waals surface area contributed by atoms with Crippen LogP contribution in [0.1, 0.15) is 33.2 Å². The number of ketones is 1. The number of hydrogen-bond acceptors (Lipinski definition) is 5. The highest BCUT2D eigenvalue weighted by Crippen LogP contribution is 2.22. The molecule has 0 saturated heterocycles. The molecule has 0 saturated carbocycles. The van der Waals surface area contributed by atoms with Crippen LogP contribution in [0.4, 0.5) is 5.69 Å². The number of aromatic nitrogens is 1. The smallest absolute Gasteiger partial charge is 0.339 e. The largest absolute Gasteiger partial charge is 0.451 e. The molecule has 0 radical (unpaired) electrons. The van der Waals surface area contributed by atoms with Crippen molar-refractivity contribution in [2.75, 3.05) is 0 Å². The first-order valence-corrected chi connectivity index (χ1v) is 7.95. The van der Waals surface area contributed by atoms with Crippen LogP contribution in [0.15, 0.2) is 48.7 Å². The van der Waals surface area contributed by atoms with E-state index in [1.807, 2.05) is 18.2 Å². The van der Waals surface area contributed by atoms with Gasteiger partial charge in [0, 0.05) is 34.3 Å². The summed E-state index contributed by atoms with van der Waals surface area (Å²) in [6.07, 6.45) is 0.552. The van der Waals surface area contributed by atoms with Crippen LogP contribution in [0.5, 0.6) is 0 Å². The first-order valence-electron chi connectivity index (χ1n) is 7.95. The number of Topliss-reactive ketones (excluding diaryl/α,β-unsaturated/α-hetero) is 1. The summed E-state index contributed by atoms with van der Waals surface area (Å²) in [7, 11) is 0. The molecule has 0 spiro atoms. The Morgan fingerprint density at radius 1 is 1.19 bits per heavy atom. The minimum absolute atomic E-state index is 0.0286. The number of para-hydroxylation sites is 1. The molecular formula is C19H16N2O5. The highest BCUT2D eigenvalue weighted by molar-refractivity contribution is 6.10. The van der Waals surface area contributed by atoms with Gasteiger partial charge < -0.3 is 9.72 Å². The first-order chi connectivity index (χ1) is 12.4. The Labute approximate surface area is 148 Å². The number of nitro benzene ring substituents is 1. The summed E-state index contributed by atoms with van der Waals surface area (Å²) in [5.41, 5.74) is 1.53. The Balaban J connectivity index is 1.80. The number of aromatic amines is 1. The van der Waals surface area contributed by atoms with Crippen LogP contribution in [0.3, 0.4) is 0 Å². The lowest BCUT2D eigenvalue weighted by Crippen LogP contribution is -2.24. The van der Waals surface area contributed by atoms with Crippen LogP contribution in [-0.4, -0.2) is 27.8 Å². The lowest BCUT2D eigenvalue weighted by molar-refractivity contribution is -0.385. The molecule has 7 heteroatoms. The molecule has 0 unspecified atom stereocenters. The van der Waals surface area contributed by atoms with Crippen molar-refractivity contribution in [1.29, 1.82) is 0 Å². The third kappa shape index (κ3) is 3.19. The predicted molar refractivity (Wildman–Crippen MR) is 95.3 cm³/mol. The molecule has 1 heterocycles. The first kappa shape index (κ1) is 17.3. The molecule has 0 aliphatic carbocycles. The zero-order valence-corrected chi connectivity index (χ0v) is 14.2. The minimum atomic E-state index is -1.03. The van der Waals surface area contributed by atoms with Gasteiger partial charge in [-0.05, 0) is 26.0 Å². The van der Waals surface area contributed by atoms with E-state index >= 15 is 0 Å². The van der Waals surface area contributed by atoms with Gasteiger partial charge in [0.1, 0.15) is 0 Å². The number of fused-ring (bicyclic) bond motifs is 1. The van der Waals surface area contributed by atoms with Crippen molar-refractivity contribution in [2.45, 2.75) is 20.0 Å². The average molecular weight is 352 g/mol. The molecular weight excluding hydrogens is 336 g/mol. The van der Waals surface area contributed by atoms with Gasteiger partial charge in [0.25, 0.3) is 5.69 Å². The third-order valence-electron chi connectivity index (χ3n) is 4.15. The molecule has 7 nitrogen and oxygen atoms in total. The van der Waals surface area contributed by atoms with Crippen molar-refractivity contribution in [1.82, 2.24) is 4.98 Å². The van der Waals surface area contributed by atoms with Gasteiger partial charge in [-0.1, -0.05) is 24.3 Å². The number of nitro groups is 1. The summed E-state index contributed by atoms with van der Waals surface area (Å²) in [6, 6.07) is 11.4. The Bertz CT molecular complexity index is 1020. The fourth-order valence-corrected chi connectivity index (χ4v) is 2.71. The van der Waals surface area contributed by atoms with Gasteiger partial charge in [-0.3, -0.25) is 14.9 Å². The second kappa shape index (κ2) is 6.79. The zero-order valence-electron chi connectivity index (χ0n) is 14.2. The van der Waals surface area contributed by atoms with Crippen molar-refractivity contribution >= 4 is 28.3 Å². The van der Waals surface area contributed by atoms with E-state index in [0.717, 1.165) is 17.0 Å². The summed E-state index contributed by atoms with van der Waals surface area (Å²) in [5, 5.41) is 11.7. The molecule has 3 aromatic rings. The average Bonchev–Trinajstić information content (AvgIpc) is 3.05. The third-order valence-corrected chi connectivity index (χ3v) is 4.15. The Kier molecular flexibility index (Phi) is 4.53. The highest BCUT2D eigenvalue weighted by atomic mass is 16.6. The van der Waals surface area contributed by atoms with Crippen LogP contribution in [0, 0.1) is 17.0 Å². The van der Waals surface area contributed by atoms with E-state index in [1.54, 1.807) is 19.2 Å². The standard InChI is InChI=1S/C19H16N2O5/c1-11-7-8-13(9-17(11)21(24)25)19(23)26-12(2)18(22)15-10-20-16-6-4-3-5-14(15)16/h3-10,12,20H,1-2H3/t12-/m0/s1. The van der Waals surface area contributed by atoms with E-state index < -0.39 is 17.0 Å². The minimum Gasteiger partial charge on any atom is -0.451 e. The number of carbonyl (C=O) groups excluding carboxylic acids is 2. The lowest BCUT2D eigenvalue weighted by atomic mass is 10.1. The van der Waals surface area contributed by atoms with Gasteiger partial charge in [-0.2, -0.15) is 0 Å². The van der Waals surface area contributed by atoms with E-state index in [2.05, 4.69) is 4.98 Å². The maximum absolute atomic E-state index is 12.6. The quantitative estimate of drug-likeness (QED) is 0.325. The molecule has 1 aromatic heterocycles. The summed E-state index contributed by atoms with van der Waals surface area (Å²) in [4.78, 5) is 38.3. The van der Waals surface area contributed by atoms with E-state index in [0.29, 0.717) is 11.1 Å². The summed E-state index contributed by atoms with van der Waals surface area (Å²) in [5.74, 6) is -1.13. The zero-order chi connectivity index (χ0) is 18.8. The van der Waals surface area contributed by atoms with Crippen molar-refractivity contribution in [3.8, 4) is 0 Å². The van der Waals surface area contributed by atoms with E-state index in [1.165, 1.54) is 19.1 Å². The topological polar surface area (TPSA) is 102 Å². The van der Waals surface area contributed by atoms with Gasteiger partial charge in [0.15, 0.2) is 6.10 Å². The SMILES string of the molecule is Cc1ccc(C(=O)O[C@@H](C)C(=O)c2c[nH]c3ccccc23)cc1[N+](=O)[O-]. The Morgan fingerprint density at radius 2 is 1.92 bits per heavy atom. The monoisotopic (exact) mass is 352 g/mol. The predicted octanol–water partition coefficient (Wildman–Crippen LogP) is 3.81. The molecule has 3 rings (SSSR count). The van der Waals surface area contributed by atoms with E-state index in [4.69, 9.17) is 4.74 Å². The summed E-state index contributed by atoms with van der Waals surface area (Å²) >= 11 is 0. The Morgan fingerprint density at radius 3 is 2.65 bits per heavy atom. The number of ether oxygens (including phenoxy) is 1. The molecule has 0 bridgehead atoms. The number of aryl methyl sites for hydroxylation is 1. The van der Waals surface area contributed by atoms with Crippen LogP contribution >= 0.6 is 0 Å². The van der Waals surface area contributed by atoms with Gasteiger partial charge >= 0.3 is 5.97 Å². The molecule has 0 aliphatic heterocycles. The number of esters is 1. The van der Waals surface area contributed by atoms with Crippen LogP contribution < -0.4 is 0 Å². The normalized spacial score (nSPS) is 11.9. The second-order valence-corrected chi connectivity index (χ2v) is 5.92. The fourth-order valence-electron chi connectivity index (χ4n) is 2.71. The fraction of sp³-hybridized carbons (Fsp3) is 0.158. The maximum atomic E-state index is 12.6. The number of benzene rings is 2. The summed E-state index contributed by atoms with van der Waals surface area (Å²) in [6.45, 7) is 3.06. The van der Waals surface area contributed by atoms with Crippen molar-refractivity contribution < 1.29 is 19.2 Å². The number of carbonyl (C=O) groups is 2. The maximum Gasteiger partial charge on any atom is 0.339 e. The van der Waals surface area contributed by atoms with Crippen molar-refractivity contribution in [2.24, 2.45) is 0 Å². The number of hydrogen-bond donors (Lipinski definition) is 1. The van der Waals surface area contributed by atoms with Crippen molar-refractivity contribution in [3.63, 3.8) is 0 Å². The number of H-pyrrole nitrogens is 1. The van der Waals surface area contributed by atoms with Gasteiger partial charge in [-0.15, -0.1) is 0 Å². The molecule has 0 fully saturated rings. The van der Waals surface area contributed by atoms with Crippen LogP contribution in [0.25, 0.3) is 10.9 Å². The number of rotatable bonds is 5. The number of nitrogens with zero attached hydrogens (tertiary/aromatic N) is 1. The van der Waals surface area contributed by atoms with E-state index in [-0.39, 0.29) is 17.0 Å². The molecule has 132 valence electrons. The van der Waals surface area contributed by atoms with Gasteiger partial charge in [0.05, 0.1) is 10.5 Å². The van der Waals surface area contributed by atoms with E-state index in [9.17, 15) is 19.7 Å². The summed E-state index contributed by atoms with van der Waals surface area (Å²) < 4.78 is 5.22. The Hall–Kier alpha value is -3.48. The number of nitrogens with one attached hydrogen (secondary N) is 1. The molecule has 1 atom stereocenters. The lowest BCUT2D eigenvalue weighted by Gasteiger charge is -2.12. The molecule has 1 N–H and O–H groups in total. The molecule has 0 aliphatic rings. The molecule has 0 amide bonds.